The first-order chi connectivity index (χ1) is 12.8. The van der Waals surface area contributed by atoms with Crippen LogP contribution in [0.5, 0.6) is 11.5 Å². The lowest BCUT2D eigenvalue weighted by molar-refractivity contribution is 0.174. The molecule has 0 atom stereocenters. The van der Waals surface area contributed by atoms with E-state index < -0.39 is 0 Å². The lowest BCUT2D eigenvalue weighted by Crippen LogP contribution is -2.30. The smallest absolute Gasteiger partial charge is 0.231 e. The minimum atomic E-state index is 0.309. The number of hydrogen-bond acceptors (Lipinski definition) is 4. The summed E-state index contributed by atoms with van der Waals surface area (Å²) in [5.74, 6) is 1.66. The minimum Gasteiger partial charge on any atom is -0.454 e. The molecule has 6 heteroatoms. The Hall–Kier alpha value is -2.50. The van der Waals surface area contributed by atoms with E-state index in [0.717, 1.165) is 53.8 Å². The summed E-state index contributed by atoms with van der Waals surface area (Å²) < 4.78 is 10.9. The maximum Gasteiger partial charge on any atom is 0.231 e. The highest BCUT2D eigenvalue weighted by Gasteiger charge is 2.23. The number of nitrogens with zero attached hydrogens (tertiary/aromatic N) is 2. The third kappa shape index (κ3) is 2.83. The van der Waals surface area contributed by atoms with E-state index in [9.17, 15) is 0 Å². The van der Waals surface area contributed by atoms with Gasteiger partial charge in [-0.05, 0) is 29.8 Å². The summed E-state index contributed by atoms with van der Waals surface area (Å²) in [4.78, 5) is 2.43. The summed E-state index contributed by atoms with van der Waals surface area (Å²) in [5, 5.41) is 8.49. The standard InChI is InChI=1S/C20H18ClN3O2/c21-15-3-1-2-14(9-15)20-16-11-24(7-6-17(16)22-23-20)10-13-4-5-18-19(8-13)26-12-25-18/h1-5,8-9H,6-7,10-12H2,(H,22,23). The van der Waals surface area contributed by atoms with Crippen molar-refractivity contribution in [3.63, 3.8) is 0 Å². The molecule has 0 aliphatic carbocycles. The van der Waals surface area contributed by atoms with Crippen LogP contribution < -0.4 is 9.47 Å². The quantitative estimate of drug-likeness (QED) is 0.759. The second-order valence-corrected chi connectivity index (χ2v) is 7.12. The van der Waals surface area contributed by atoms with Gasteiger partial charge in [0.25, 0.3) is 0 Å². The molecule has 3 heterocycles. The van der Waals surface area contributed by atoms with E-state index in [0.29, 0.717) is 6.79 Å². The van der Waals surface area contributed by atoms with Crippen LogP contribution >= 0.6 is 11.6 Å². The number of aromatic amines is 1. The summed E-state index contributed by atoms with van der Waals surface area (Å²) in [6.45, 7) is 3.04. The Bertz CT molecular complexity index is 969. The van der Waals surface area contributed by atoms with Gasteiger partial charge in [0.1, 0.15) is 0 Å². The zero-order valence-corrected chi connectivity index (χ0v) is 14.9. The molecule has 1 N–H and O–H groups in total. The zero-order valence-electron chi connectivity index (χ0n) is 14.2. The predicted molar refractivity (Wildman–Crippen MR) is 99.4 cm³/mol. The van der Waals surface area contributed by atoms with Gasteiger partial charge >= 0.3 is 0 Å². The molecule has 2 aliphatic heterocycles. The molecule has 5 rings (SSSR count). The van der Waals surface area contributed by atoms with E-state index in [1.54, 1.807) is 0 Å². The van der Waals surface area contributed by atoms with Crippen molar-refractivity contribution in [1.29, 1.82) is 0 Å². The van der Waals surface area contributed by atoms with Gasteiger partial charge in [-0.1, -0.05) is 29.8 Å². The second kappa shape index (κ2) is 6.34. The van der Waals surface area contributed by atoms with E-state index in [2.05, 4.69) is 33.3 Å². The highest BCUT2D eigenvalue weighted by molar-refractivity contribution is 6.30. The number of fused-ring (bicyclic) bond motifs is 2. The van der Waals surface area contributed by atoms with Crippen LogP contribution in [0.3, 0.4) is 0 Å². The highest BCUT2D eigenvalue weighted by atomic mass is 35.5. The van der Waals surface area contributed by atoms with E-state index >= 15 is 0 Å². The summed E-state index contributed by atoms with van der Waals surface area (Å²) in [6.07, 6.45) is 0.966. The molecule has 0 unspecified atom stereocenters. The van der Waals surface area contributed by atoms with Gasteiger partial charge in [0.05, 0.1) is 5.69 Å². The van der Waals surface area contributed by atoms with Crippen molar-refractivity contribution in [2.24, 2.45) is 0 Å². The maximum absolute atomic E-state index is 6.16. The first-order valence-corrected chi connectivity index (χ1v) is 9.07. The van der Waals surface area contributed by atoms with E-state index in [-0.39, 0.29) is 0 Å². The van der Waals surface area contributed by atoms with Crippen LogP contribution in [-0.2, 0) is 19.5 Å². The van der Waals surface area contributed by atoms with Gasteiger partial charge in [0, 0.05) is 47.9 Å². The Morgan fingerprint density at radius 1 is 1.12 bits per heavy atom. The van der Waals surface area contributed by atoms with Crippen LogP contribution in [0, 0.1) is 0 Å². The molecule has 0 saturated carbocycles. The summed E-state index contributed by atoms with van der Waals surface area (Å²) in [5.41, 5.74) is 5.77. The lowest BCUT2D eigenvalue weighted by atomic mass is 10.0. The average Bonchev–Trinajstić information content (AvgIpc) is 3.27. The minimum absolute atomic E-state index is 0.309. The van der Waals surface area contributed by atoms with Gasteiger partial charge < -0.3 is 9.47 Å². The number of halogens is 1. The predicted octanol–water partition coefficient (Wildman–Crippen LogP) is 4.02. The topological polar surface area (TPSA) is 50.4 Å². The number of H-pyrrole nitrogens is 1. The Balaban J connectivity index is 1.39. The van der Waals surface area contributed by atoms with Gasteiger partial charge in [0.15, 0.2) is 11.5 Å². The molecule has 0 bridgehead atoms. The molecule has 0 spiro atoms. The van der Waals surface area contributed by atoms with Crippen molar-refractivity contribution in [2.75, 3.05) is 13.3 Å². The number of rotatable bonds is 3. The summed E-state index contributed by atoms with van der Waals surface area (Å²) in [7, 11) is 0. The van der Waals surface area contributed by atoms with E-state index in [4.69, 9.17) is 21.1 Å². The molecule has 0 fully saturated rings. The third-order valence-electron chi connectivity index (χ3n) is 4.95. The average molecular weight is 368 g/mol. The fourth-order valence-electron chi connectivity index (χ4n) is 3.66. The third-order valence-corrected chi connectivity index (χ3v) is 5.19. The van der Waals surface area contributed by atoms with Gasteiger partial charge in [-0.15, -0.1) is 0 Å². The van der Waals surface area contributed by atoms with Crippen LogP contribution in [0.1, 0.15) is 16.8 Å². The first kappa shape index (κ1) is 15.7. The van der Waals surface area contributed by atoms with Crippen molar-refractivity contribution in [3.05, 3.63) is 64.3 Å². The zero-order chi connectivity index (χ0) is 17.5. The molecule has 0 radical (unpaired) electrons. The maximum atomic E-state index is 6.16. The second-order valence-electron chi connectivity index (χ2n) is 6.69. The van der Waals surface area contributed by atoms with Crippen molar-refractivity contribution in [2.45, 2.75) is 19.5 Å². The fourth-order valence-corrected chi connectivity index (χ4v) is 3.85. The summed E-state index contributed by atoms with van der Waals surface area (Å²) in [6, 6.07) is 14.0. The van der Waals surface area contributed by atoms with E-state index in [1.165, 1.54) is 16.8 Å². The Labute approximate surface area is 156 Å². The molecule has 2 aromatic carbocycles. The lowest BCUT2D eigenvalue weighted by Gasteiger charge is -2.27. The van der Waals surface area contributed by atoms with Gasteiger partial charge in [0.2, 0.25) is 6.79 Å². The molecule has 1 aromatic heterocycles. The normalized spacial score (nSPS) is 15.9. The Kier molecular flexibility index (Phi) is 3.84. The number of hydrogen-bond donors (Lipinski definition) is 1. The largest absolute Gasteiger partial charge is 0.454 e. The number of nitrogens with one attached hydrogen (secondary N) is 1. The van der Waals surface area contributed by atoms with Crippen LogP contribution in [0.2, 0.25) is 5.02 Å². The van der Waals surface area contributed by atoms with Crippen molar-refractivity contribution in [3.8, 4) is 22.8 Å². The van der Waals surface area contributed by atoms with Crippen LogP contribution in [0.25, 0.3) is 11.3 Å². The van der Waals surface area contributed by atoms with Crippen LogP contribution in [-0.4, -0.2) is 28.4 Å². The molecule has 132 valence electrons. The Morgan fingerprint density at radius 2 is 2.04 bits per heavy atom. The molecule has 0 amide bonds. The number of ether oxygens (including phenoxy) is 2. The van der Waals surface area contributed by atoms with Crippen LogP contribution in [0.15, 0.2) is 42.5 Å². The highest BCUT2D eigenvalue weighted by Crippen LogP contribution is 2.34. The van der Waals surface area contributed by atoms with Gasteiger partial charge in [-0.25, -0.2) is 0 Å². The molecule has 5 nitrogen and oxygen atoms in total. The molecular formula is C20H18ClN3O2. The molecule has 0 saturated heterocycles. The SMILES string of the molecule is Clc1cccc(-c2n[nH]c3c2CN(Cc2ccc4c(c2)OCO4)CC3)c1. The summed E-state index contributed by atoms with van der Waals surface area (Å²) >= 11 is 6.16. The van der Waals surface area contributed by atoms with E-state index in [1.807, 2.05) is 24.3 Å². The van der Waals surface area contributed by atoms with Crippen molar-refractivity contribution in [1.82, 2.24) is 15.1 Å². The molecular weight excluding hydrogens is 350 g/mol. The fraction of sp³-hybridized carbons (Fsp3) is 0.250. The first-order valence-electron chi connectivity index (χ1n) is 8.69. The number of aromatic nitrogens is 2. The molecule has 26 heavy (non-hydrogen) atoms. The Morgan fingerprint density at radius 3 is 2.96 bits per heavy atom. The van der Waals surface area contributed by atoms with Crippen molar-refractivity contribution < 1.29 is 9.47 Å². The van der Waals surface area contributed by atoms with Crippen LogP contribution in [0.4, 0.5) is 0 Å². The van der Waals surface area contributed by atoms with Gasteiger partial charge in [-0.2, -0.15) is 5.10 Å². The monoisotopic (exact) mass is 367 g/mol. The molecule has 3 aromatic rings. The van der Waals surface area contributed by atoms with Crippen molar-refractivity contribution >= 4 is 11.6 Å². The van der Waals surface area contributed by atoms with Gasteiger partial charge in [-0.3, -0.25) is 10.00 Å². The number of benzene rings is 2. The molecule has 2 aliphatic rings.